The van der Waals surface area contributed by atoms with Crippen LogP contribution in [0, 0.1) is 0 Å². The molecular weight excluding hydrogens is 236 g/mol. The van der Waals surface area contributed by atoms with Gasteiger partial charge in [0.15, 0.2) is 0 Å². The maximum atomic E-state index is 11.6. The standard InChI is InChI=1S/C13H17ClN2O/c1-3-4-8-16-13(2,12(15)17)10-6-5-7-11(14)9-10/h3,5-7,9,16H,1,4,8H2,2H3,(H2,15,17)/t13-/m1/s1. The van der Waals surface area contributed by atoms with Crippen LogP contribution in [0.25, 0.3) is 0 Å². The lowest BCUT2D eigenvalue weighted by atomic mass is 9.91. The Balaban J connectivity index is 2.98. The number of carbonyl (C=O) groups is 1. The van der Waals surface area contributed by atoms with Gasteiger partial charge in [-0.3, -0.25) is 10.1 Å². The van der Waals surface area contributed by atoms with E-state index in [1.54, 1.807) is 31.2 Å². The number of hydrogen-bond acceptors (Lipinski definition) is 2. The first-order valence-corrected chi connectivity index (χ1v) is 5.80. The maximum absolute atomic E-state index is 11.6. The predicted octanol–water partition coefficient (Wildman–Crippen LogP) is 2.21. The molecule has 3 nitrogen and oxygen atoms in total. The Labute approximate surface area is 107 Å². The Hall–Kier alpha value is -1.32. The van der Waals surface area contributed by atoms with Crippen molar-refractivity contribution in [2.45, 2.75) is 18.9 Å². The fraction of sp³-hybridized carbons (Fsp3) is 0.308. The van der Waals surface area contributed by atoms with Crippen LogP contribution < -0.4 is 11.1 Å². The van der Waals surface area contributed by atoms with Crippen molar-refractivity contribution in [1.82, 2.24) is 5.32 Å². The highest BCUT2D eigenvalue weighted by atomic mass is 35.5. The van der Waals surface area contributed by atoms with E-state index < -0.39 is 11.4 Å². The molecule has 92 valence electrons. The van der Waals surface area contributed by atoms with E-state index in [0.29, 0.717) is 11.6 Å². The van der Waals surface area contributed by atoms with Crippen molar-refractivity contribution in [1.29, 1.82) is 0 Å². The lowest BCUT2D eigenvalue weighted by molar-refractivity contribution is -0.124. The monoisotopic (exact) mass is 252 g/mol. The molecule has 4 heteroatoms. The Bertz CT molecular complexity index is 420. The zero-order valence-electron chi connectivity index (χ0n) is 9.87. The largest absolute Gasteiger partial charge is 0.368 e. The summed E-state index contributed by atoms with van der Waals surface area (Å²) < 4.78 is 0. The Morgan fingerprint density at radius 3 is 2.88 bits per heavy atom. The minimum atomic E-state index is -0.909. The molecule has 1 rings (SSSR count). The molecule has 3 N–H and O–H groups in total. The molecule has 1 aromatic rings. The molecule has 0 unspecified atom stereocenters. The number of halogens is 1. The van der Waals surface area contributed by atoms with Gasteiger partial charge >= 0.3 is 0 Å². The fourth-order valence-corrected chi connectivity index (χ4v) is 1.75. The average molecular weight is 253 g/mol. The molecule has 0 aliphatic rings. The molecule has 0 aliphatic carbocycles. The second-order valence-corrected chi connectivity index (χ2v) is 4.44. The predicted molar refractivity (Wildman–Crippen MR) is 70.8 cm³/mol. The van der Waals surface area contributed by atoms with E-state index in [2.05, 4.69) is 11.9 Å². The molecule has 17 heavy (non-hydrogen) atoms. The summed E-state index contributed by atoms with van der Waals surface area (Å²) in [4.78, 5) is 11.6. The summed E-state index contributed by atoms with van der Waals surface area (Å²) >= 11 is 5.92. The molecule has 0 fully saturated rings. The summed E-state index contributed by atoms with van der Waals surface area (Å²) in [5.74, 6) is -0.427. The molecule has 0 radical (unpaired) electrons. The third kappa shape index (κ3) is 3.32. The van der Waals surface area contributed by atoms with Crippen LogP contribution in [0.2, 0.25) is 5.02 Å². The van der Waals surface area contributed by atoms with Gasteiger partial charge in [-0.1, -0.05) is 29.8 Å². The van der Waals surface area contributed by atoms with Gasteiger partial charge in [0.25, 0.3) is 0 Å². The van der Waals surface area contributed by atoms with Crippen LogP contribution >= 0.6 is 11.6 Å². The zero-order chi connectivity index (χ0) is 12.9. The van der Waals surface area contributed by atoms with Crippen LogP contribution in [0.5, 0.6) is 0 Å². The van der Waals surface area contributed by atoms with Crippen LogP contribution in [0.1, 0.15) is 18.9 Å². The van der Waals surface area contributed by atoms with Crippen LogP contribution in [0.4, 0.5) is 0 Å². The summed E-state index contributed by atoms with van der Waals surface area (Å²) in [5, 5.41) is 3.72. The molecule has 0 bridgehead atoms. The van der Waals surface area contributed by atoms with Crippen LogP contribution in [0.15, 0.2) is 36.9 Å². The first-order chi connectivity index (χ1) is 8.00. The first kappa shape index (κ1) is 13.7. The highest BCUT2D eigenvalue weighted by Crippen LogP contribution is 2.23. The number of benzene rings is 1. The lowest BCUT2D eigenvalue weighted by Gasteiger charge is -2.28. The summed E-state index contributed by atoms with van der Waals surface area (Å²) in [6, 6.07) is 7.13. The van der Waals surface area contributed by atoms with Crippen molar-refractivity contribution in [3.05, 3.63) is 47.5 Å². The molecule has 1 atom stereocenters. The van der Waals surface area contributed by atoms with Gasteiger partial charge in [-0.2, -0.15) is 0 Å². The van der Waals surface area contributed by atoms with E-state index in [4.69, 9.17) is 17.3 Å². The normalized spacial score (nSPS) is 14.0. The van der Waals surface area contributed by atoms with Gasteiger partial charge < -0.3 is 5.73 Å². The number of rotatable bonds is 6. The highest BCUT2D eigenvalue weighted by molar-refractivity contribution is 6.30. The van der Waals surface area contributed by atoms with Crippen molar-refractivity contribution in [3.8, 4) is 0 Å². The topological polar surface area (TPSA) is 55.1 Å². The van der Waals surface area contributed by atoms with Crippen molar-refractivity contribution in [3.63, 3.8) is 0 Å². The summed E-state index contributed by atoms with van der Waals surface area (Å²) in [7, 11) is 0. The van der Waals surface area contributed by atoms with Crippen molar-refractivity contribution in [2.75, 3.05) is 6.54 Å². The molecule has 1 amide bonds. The van der Waals surface area contributed by atoms with E-state index in [1.807, 2.05) is 6.07 Å². The van der Waals surface area contributed by atoms with Gasteiger partial charge in [-0.25, -0.2) is 0 Å². The number of nitrogens with one attached hydrogen (secondary N) is 1. The number of amides is 1. The smallest absolute Gasteiger partial charge is 0.242 e. The first-order valence-electron chi connectivity index (χ1n) is 5.42. The summed E-state index contributed by atoms with van der Waals surface area (Å²) in [6.45, 7) is 6.02. The van der Waals surface area contributed by atoms with Gasteiger partial charge in [0, 0.05) is 5.02 Å². The van der Waals surface area contributed by atoms with Gasteiger partial charge in [0.05, 0.1) is 0 Å². The van der Waals surface area contributed by atoms with Gasteiger partial charge in [0.1, 0.15) is 5.54 Å². The second-order valence-electron chi connectivity index (χ2n) is 4.00. The van der Waals surface area contributed by atoms with E-state index in [-0.39, 0.29) is 0 Å². The van der Waals surface area contributed by atoms with Crippen LogP contribution in [-0.2, 0) is 10.3 Å². The molecule has 0 aliphatic heterocycles. The Morgan fingerprint density at radius 2 is 2.35 bits per heavy atom. The zero-order valence-corrected chi connectivity index (χ0v) is 10.6. The molecule has 0 heterocycles. The van der Waals surface area contributed by atoms with Crippen molar-refractivity contribution >= 4 is 17.5 Å². The molecule has 0 spiro atoms. The quantitative estimate of drug-likeness (QED) is 0.603. The fourth-order valence-electron chi connectivity index (χ4n) is 1.56. The van der Waals surface area contributed by atoms with Crippen LogP contribution in [0.3, 0.4) is 0 Å². The second kappa shape index (κ2) is 5.84. The summed E-state index contributed by atoms with van der Waals surface area (Å²) in [5.41, 5.74) is 5.32. The van der Waals surface area contributed by atoms with Gasteiger partial charge in [-0.05, 0) is 37.6 Å². The maximum Gasteiger partial charge on any atom is 0.242 e. The summed E-state index contributed by atoms with van der Waals surface area (Å²) in [6.07, 6.45) is 2.55. The Morgan fingerprint density at radius 1 is 1.65 bits per heavy atom. The van der Waals surface area contributed by atoms with Gasteiger partial charge in [0.2, 0.25) is 5.91 Å². The average Bonchev–Trinajstić information content (AvgIpc) is 2.29. The van der Waals surface area contributed by atoms with E-state index in [0.717, 1.165) is 12.0 Å². The van der Waals surface area contributed by atoms with E-state index in [1.165, 1.54) is 0 Å². The van der Waals surface area contributed by atoms with Crippen molar-refractivity contribution < 1.29 is 4.79 Å². The minimum absolute atomic E-state index is 0.427. The van der Waals surface area contributed by atoms with Crippen LogP contribution in [-0.4, -0.2) is 12.5 Å². The SMILES string of the molecule is C=CCCN[C@@](C)(C(N)=O)c1cccc(Cl)c1. The minimum Gasteiger partial charge on any atom is -0.368 e. The number of carbonyl (C=O) groups excluding carboxylic acids is 1. The van der Waals surface area contributed by atoms with E-state index in [9.17, 15) is 4.79 Å². The molecule has 0 saturated heterocycles. The van der Waals surface area contributed by atoms with Crippen molar-refractivity contribution in [2.24, 2.45) is 5.73 Å². The Kier molecular flexibility index (Phi) is 4.73. The highest BCUT2D eigenvalue weighted by Gasteiger charge is 2.32. The molecule has 0 saturated carbocycles. The molecule has 1 aromatic carbocycles. The molecule has 0 aromatic heterocycles. The lowest BCUT2D eigenvalue weighted by Crippen LogP contribution is -2.50. The van der Waals surface area contributed by atoms with Gasteiger partial charge in [-0.15, -0.1) is 6.58 Å². The molecular formula is C13H17ClN2O. The number of primary amides is 1. The third-order valence-corrected chi connectivity index (χ3v) is 2.96. The number of hydrogen-bond donors (Lipinski definition) is 2. The third-order valence-electron chi connectivity index (χ3n) is 2.72. The van der Waals surface area contributed by atoms with E-state index >= 15 is 0 Å². The number of nitrogens with two attached hydrogens (primary N) is 1.